The lowest BCUT2D eigenvalue weighted by molar-refractivity contribution is 0.102. The van der Waals surface area contributed by atoms with Crippen LogP contribution in [0, 0.1) is 12.7 Å². The van der Waals surface area contributed by atoms with E-state index in [-0.39, 0.29) is 5.56 Å². The van der Waals surface area contributed by atoms with Crippen molar-refractivity contribution in [2.75, 3.05) is 5.32 Å². The Bertz CT molecular complexity index is 623. The van der Waals surface area contributed by atoms with E-state index in [0.717, 1.165) is 10.0 Å². The zero-order valence-electron chi connectivity index (χ0n) is 10.0. The summed E-state index contributed by atoms with van der Waals surface area (Å²) >= 11 is 6.58. The number of nitrogens with one attached hydrogen (secondary N) is 1. The normalized spacial score (nSPS) is 10.3. The fourth-order valence-electron chi connectivity index (χ4n) is 1.64. The molecule has 2 aromatic carbocycles. The molecule has 0 atom stereocenters. The Morgan fingerprint density at radius 3 is 2.53 bits per heavy atom. The first-order valence-electron chi connectivity index (χ1n) is 5.51. The number of aryl methyl sites for hydroxylation is 1. The predicted molar refractivity (Wildman–Crippen MR) is 80.9 cm³/mol. The van der Waals surface area contributed by atoms with Crippen molar-refractivity contribution in [2.24, 2.45) is 0 Å². The lowest BCUT2D eigenvalue weighted by Crippen LogP contribution is -2.15. The number of carbonyl (C=O) groups is 1. The van der Waals surface area contributed by atoms with Crippen LogP contribution in [-0.4, -0.2) is 5.91 Å². The Labute approximate surface area is 127 Å². The second-order valence-corrected chi connectivity index (χ2v) is 5.63. The lowest BCUT2D eigenvalue weighted by atomic mass is 10.2. The molecule has 0 aliphatic carbocycles. The number of anilines is 1. The number of carbonyl (C=O) groups excluding carboxylic acids is 1. The Morgan fingerprint density at radius 1 is 1.16 bits per heavy atom. The van der Waals surface area contributed by atoms with Gasteiger partial charge in [-0.2, -0.15) is 0 Å². The van der Waals surface area contributed by atoms with Crippen molar-refractivity contribution in [1.82, 2.24) is 0 Å². The average Bonchev–Trinajstić information content (AvgIpc) is 2.35. The van der Waals surface area contributed by atoms with Crippen molar-refractivity contribution in [1.29, 1.82) is 0 Å². The van der Waals surface area contributed by atoms with Gasteiger partial charge < -0.3 is 5.32 Å². The van der Waals surface area contributed by atoms with Crippen LogP contribution < -0.4 is 5.32 Å². The predicted octanol–water partition coefficient (Wildman–Crippen LogP) is 4.91. The van der Waals surface area contributed by atoms with Crippen molar-refractivity contribution in [3.63, 3.8) is 0 Å². The first kappa shape index (κ1) is 14.2. The third kappa shape index (κ3) is 3.04. The van der Waals surface area contributed by atoms with E-state index in [9.17, 15) is 9.18 Å². The van der Waals surface area contributed by atoms with Crippen LogP contribution in [0.25, 0.3) is 0 Å². The Kier molecular flexibility index (Phi) is 4.37. The zero-order chi connectivity index (χ0) is 14.0. The highest BCUT2D eigenvalue weighted by Gasteiger charge is 2.16. The Morgan fingerprint density at radius 2 is 1.84 bits per heavy atom. The van der Waals surface area contributed by atoms with Gasteiger partial charge in [0.2, 0.25) is 0 Å². The second-order valence-electron chi connectivity index (χ2n) is 3.99. The first-order valence-corrected chi connectivity index (χ1v) is 7.10. The molecule has 2 rings (SSSR count). The van der Waals surface area contributed by atoms with Crippen LogP contribution in [0.1, 0.15) is 15.9 Å². The van der Waals surface area contributed by atoms with E-state index >= 15 is 0 Å². The zero-order valence-corrected chi connectivity index (χ0v) is 13.2. The number of hydrogen-bond acceptors (Lipinski definition) is 1. The average molecular weight is 387 g/mol. The standard InChI is InChI=1S/C14H10Br2FNO/c1-8-4-2-7-11(13(8)16)18-14(19)12-9(15)5-3-6-10(12)17/h2-7H,1H3,(H,18,19). The molecule has 0 unspecified atom stereocenters. The summed E-state index contributed by atoms with van der Waals surface area (Å²) in [5.74, 6) is -1.05. The highest BCUT2D eigenvalue weighted by Crippen LogP contribution is 2.27. The molecule has 0 fully saturated rings. The SMILES string of the molecule is Cc1cccc(NC(=O)c2c(F)cccc2Br)c1Br. The minimum atomic E-state index is -0.560. The molecule has 19 heavy (non-hydrogen) atoms. The highest BCUT2D eigenvalue weighted by atomic mass is 79.9. The molecule has 0 bridgehead atoms. The molecule has 0 aromatic heterocycles. The maximum Gasteiger partial charge on any atom is 0.259 e. The lowest BCUT2D eigenvalue weighted by Gasteiger charge is -2.10. The van der Waals surface area contributed by atoms with Crippen molar-refractivity contribution in [3.8, 4) is 0 Å². The molecule has 1 N–H and O–H groups in total. The molecule has 2 nitrogen and oxygen atoms in total. The highest BCUT2D eigenvalue weighted by molar-refractivity contribution is 9.11. The molecule has 0 radical (unpaired) electrons. The van der Waals surface area contributed by atoms with Gasteiger partial charge in [-0.1, -0.05) is 18.2 Å². The number of benzene rings is 2. The molecule has 0 aliphatic rings. The summed E-state index contributed by atoms with van der Waals surface area (Å²) in [7, 11) is 0. The van der Waals surface area contributed by atoms with Gasteiger partial charge in [-0.15, -0.1) is 0 Å². The number of hydrogen-bond donors (Lipinski definition) is 1. The molecule has 0 saturated heterocycles. The monoisotopic (exact) mass is 385 g/mol. The van der Waals surface area contributed by atoms with E-state index in [1.54, 1.807) is 18.2 Å². The van der Waals surface area contributed by atoms with Crippen LogP contribution in [-0.2, 0) is 0 Å². The second kappa shape index (κ2) is 5.84. The molecular weight excluding hydrogens is 377 g/mol. The number of amides is 1. The fraction of sp³-hybridized carbons (Fsp3) is 0.0714. The van der Waals surface area contributed by atoms with Gasteiger partial charge in [0.25, 0.3) is 5.91 Å². The fourth-order valence-corrected chi connectivity index (χ4v) is 2.53. The van der Waals surface area contributed by atoms with Gasteiger partial charge in [-0.25, -0.2) is 4.39 Å². The minimum absolute atomic E-state index is 0.00379. The Hall–Kier alpha value is -1.20. The summed E-state index contributed by atoms with van der Waals surface area (Å²) in [4.78, 5) is 12.1. The van der Waals surface area contributed by atoms with Gasteiger partial charge >= 0.3 is 0 Å². The van der Waals surface area contributed by atoms with Gasteiger partial charge in [0.05, 0.1) is 11.3 Å². The Balaban J connectivity index is 2.34. The number of rotatable bonds is 2. The summed E-state index contributed by atoms with van der Waals surface area (Å²) in [5, 5.41) is 2.69. The molecule has 2 aromatic rings. The summed E-state index contributed by atoms with van der Waals surface area (Å²) in [5.41, 5.74) is 1.60. The van der Waals surface area contributed by atoms with Crippen LogP contribution >= 0.6 is 31.9 Å². The summed E-state index contributed by atoms with van der Waals surface area (Å²) in [6, 6.07) is 9.92. The van der Waals surface area contributed by atoms with Gasteiger partial charge in [-0.3, -0.25) is 4.79 Å². The topological polar surface area (TPSA) is 29.1 Å². The largest absolute Gasteiger partial charge is 0.321 e. The van der Waals surface area contributed by atoms with E-state index in [1.165, 1.54) is 6.07 Å². The maximum atomic E-state index is 13.7. The summed E-state index contributed by atoms with van der Waals surface area (Å²) < 4.78 is 14.9. The molecular formula is C14H10Br2FNO. The van der Waals surface area contributed by atoms with Crippen LogP contribution in [0.5, 0.6) is 0 Å². The quantitative estimate of drug-likeness (QED) is 0.780. The van der Waals surface area contributed by atoms with E-state index in [0.29, 0.717) is 10.2 Å². The molecule has 0 heterocycles. The van der Waals surface area contributed by atoms with Crippen LogP contribution in [0.4, 0.5) is 10.1 Å². The molecule has 0 saturated carbocycles. The summed E-state index contributed by atoms with van der Waals surface area (Å²) in [6.45, 7) is 1.92. The van der Waals surface area contributed by atoms with Gasteiger partial charge in [0.15, 0.2) is 0 Å². The molecule has 1 amide bonds. The molecule has 5 heteroatoms. The molecule has 0 aliphatic heterocycles. The van der Waals surface area contributed by atoms with E-state index in [1.807, 2.05) is 19.1 Å². The van der Waals surface area contributed by atoms with E-state index < -0.39 is 11.7 Å². The van der Waals surface area contributed by atoms with Crippen LogP contribution in [0.3, 0.4) is 0 Å². The van der Waals surface area contributed by atoms with Gasteiger partial charge in [0, 0.05) is 8.95 Å². The van der Waals surface area contributed by atoms with Crippen molar-refractivity contribution >= 4 is 43.5 Å². The minimum Gasteiger partial charge on any atom is -0.321 e. The van der Waals surface area contributed by atoms with Crippen molar-refractivity contribution < 1.29 is 9.18 Å². The van der Waals surface area contributed by atoms with E-state index in [2.05, 4.69) is 37.2 Å². The maximum absolute atomic E-state index is 13.7. The first-order chi connectivity index (χ1) is 9.00. The third-order valence-electron chi connectivity index (χ3n) is 2.63. The van der Waals surface area contributed by atoms with Crippen molar-refractivity contribution in [2.45, 2.75) is 6.92 Å². The van der Waals surface area contributed by atoms with Crippen LogP contribution in [0.15, 0.2) is 45.3 Å². The summed E-state index contributed by atoms with van der Waals surface area (Å²) in [6.07, 6.45) is 0. The molecule has 98 valence electrons. The van der Waals surface area contributed by atoms with Crippen LogP contribution in [0.2, 0.25) is 0 Å². The number of halogens is 3. The van der Waals surface area contributed by atoms with E-state index in [4.69, 9.17) is 0 Å². The van der Waals surface area contributed by atoms with Gasteiger partial charge in [-0.05, 0) is 62.5 Å². The van der Waals surface area contributed by atoms with Crippen molar-refractivity contribution in [3.05, 3.63) is 62.3 Å². The van der Waals surface area contributed by atoms with Gasteiger partial charge in [0.1, 0.15) is 5.82 Å². The smallest absolute Gasteiger partial charge is 0.259 e. The third-order valence-corrected chi connectivity index (χ3v) is 4.34. The molecule has 0 spiro atoms.